The van der Waals surface area contributed by atoms with Crippen LogP contribution in [0.5, 0.6) is 5.75 Å². The van der Waals surface area contributed by atoms with Crippen LogP contribution in [-0.4, -0.2) is 13.4 Å². The average molecular weight is 227 g/mol. The van der Waals surface area contributed by atoms with Crippen molar-refractivity contribution in [3.05, 3.63) is 28.1 Å². The van der Waals surface area contributed by atoms with E-state index in [2.05, 4.69) is 0 Å². The van der Waals surface area contributed by atoms with E-state index in [0.717, 1.165) is 16.4 Å². The summed E-state index contributed by atoms with van der Waals surface area (Å²) in [6.07, 6.45) is 0.801. The highest BCUT2D eigenvalue weighted by Gasteiger charge is 2.07. The Morgan fingerprint density at radius 3 is 2.86 bits per heavy atom. The molecule has 2 rings (SSSR count). The highest BCUT2D eigenvalue weighted by atomic mass is 35.5. The molecule has 14 heavy (non-hydrogen) atoms. The van der Waals surface area contributed by atoms with Crippen molar-refractivity contribution in [2.75, 3.05) is 7.11 Å². The summed E-state index contributed by atoms with van der Waals surface area (Å²) in [7, 11) is 1.58. The number of halogens is 1. The molecule has 0 unspecified atom stereocenters. The van der Waals surface area contributed by atoms with Crippen LogP contribution in [0.4, 0.5) is 0 Å². The summed E-state index contributed by atoms with van der Waals surface area (Å²) in [6, 6.07) is 5.36. The predicted molar refractivity (Wildman–Crippen MR) is 58.8 cm³/mol. The number of methoxy groups -OCH3 is 1. The molecule has 1 heterocycles. The van der Waals surface area contributed by atoms with Gasteiger partial charge in [-0.15, -0.1) is 11.3 Å². The minimum absolute atomic E-state index is 0.605. The molecule has 0 saturated carbocycles. The van der Waals surface area contributed by atoms with Crippen molar-refractivity contribution in [1.29, 1.82) is 0 Å². The average Bonchev–Trinajstić information content (AvgIpc) is 2.56. The molecule has 0 atom stereocenters. The van der Waals surface area contributed by atoms with E-state index in [-0.39, 0.29) is 0 Å². The molecule has 2 nitrogen and oxygen atoms in total. The number of hydrogen-bond donors (Lipinski definition) is 0. The van der Waals surface area contributed by atoms with Gasteiger partial charge in [0.25, 0.3) is 0 Å². The van der Waals surface area contributed by atoms with Crippen LogP contribution in [0, 0.1) is 0 Å². The molecule has 1 aromatic heterocycles. The first kappa shape index (κ1) is 9.49. The van der Waals surface area contributed by atoms with E-state index < -0.39 is 0 Å². The maximum Gasteiger partial charge on any atom is 0.150 e. The minimum Gasteiger partial charge on any atom is -0.496 e. The van der Waals surface area contributed by atoms with E-state index >= 15 is 0 Å². The number of hydrogen-bond acceptors (Lipinski definition) is 3. The van der Waals surface area contributed by atoms with Gasteiger partial charge in [-0.3, -0.25) is 4.79 Å². The first-order chi connectivity index (χ1) is 6.74. The van der Waals surface area contributed by atoms with E-state index in [1.54, 1.807) is 19.2 Å². The molecule has 0 amide bonds. The lowest BCUT2D eigenvalue weighted by Gasteiger charge is -2.01. The van der Waals surface area contributed by atoms with Crippen LogP contribution in [0.2, 0.25) is 4.34 Å². The summed E-state index contributed by atoms with van der Waals surface area (Å²) in [5.41, 5.74) is 0.605. The Hall–Kier alpha value is -1.06. The molecule has 4 heteroatoms. The molecular weight excluding hydrogens is 220 g/mol. The van der Waals surface area contributed by atoms with Gasteiger partial charge in [-0.25, -0.2) is 0 Å². The second-order valence-electron chi connectivity index (χ2n) is 2.80. The Kier molecular flexibility index (Phi) is 2.44. The highest BCUT2D eigenvalue weighted by molar-refractivity contribution is 7.22. The summed E-state index contributed by atoms with van der Waals surface area (Å²) in [5, 5.41) is 0.952. The Bertz CT molecular complexity index is 490. The zero-order valence-corrected chi connectivity index (χ0v) is 8.98. The monoisotopic (exact) mass is 226 g/mol. The van der Waals surface area contributed by atoms with Gasteiger partial charge in [0, 0.05) is 15.6 Å². The van der Waals surface area contributed by atoms with E-state index in [1.165, 1.54) is 11.3 Å². The standard InChI is InChI=1S/C10H7ClO2S/c1-13-8-2-6(5-12)3-9-7(8)4-10(11)14-9/h2-5H,1H3. The van der Waals surface area contributed by atoms with Crippen LogP contribution < -0.4 is 4.74 Å². The lowest BCUT2D eigenvalue weighted by molar-refractivity contribution is 0.112. The summed E-state index contributed by atoms with van der Waals surface area (Å²) in [5.74, 6) is 0.688. The maximum absolute atomic E-state index is 10.6. The predicted octanol–water partition coefficient (Wildman–Crippen LogP) is 3.38. The first-order valence-electron chi connectivity index (χ1n) is 3.97. The van der Waals surface area contributed by atoms with Gasteiger partial charge in [0.2, 0.25) is 0 Å². The van der Waals surface area contributed by atoms with Crippen LogP contribution in [0.25, 0.3) is 10.1 Å². The Morgan fingerprint density at radius 1 is 1.43 bits per heavy atom. The van der Waals surface area contributed by atoms with Crippen molar-refractivity contribution in [2.45, 2.75) is 0 Å². The van der Waals surface area contributed by atoms with Gasteiger partial charge in [0.15, 0.2) is 0 Å². The third-order valence-corrected chi connectivity index (χ3v) is 3.16. The second kappa shape index (κ2) is 3.59. The molecule has 0 aliphatic rings. The fourth-order valence-corrected chi connectivity index (χ4v) is 2.54. The molecule has 0 N–H and O–H groups in total. The molecule has 1 aromatic carbocycles. The van der Waals surface area contributed by atoms with Crippen molar-refractivity contribution < 1.29 is 9.53 Å². The summed E-state index contributed by atoms with van der Waals surface area (Å²) in [6.45, 7) is 0. The van der Waals surface area contributed by atoms with Gasteiger partial charge in [-0.1, -0.05) is 11.6 Å². The first-order valence-corrected chi connectivity index (χ1v) is 5.16. The normalized spacial score (nSPS) is 10.4. The SMILES string of the molecule is COc1cc(C=O)cc2sc(Cl)cc12. The molecule has 0 aliphatic heterocycles. The maximum atomic E-state index is 10.6. The van der Waals surface area contributed by atoms with Crippen LogP contribution in [0.1, 0.15) is 10.4 Å². The lowest BCUT2D eigenvalue weighted by Crippen LogP contribution is -1.86. The van der Waals surface area contributed by atoms with Gasteiger partial charge < -0.3 is 4.74 Å². The molecule has 0 radical (unpaired) electrons. The van der Waals surface area contributed by atoms with Crippen LogP contribution in [-0.2, 0) is 0 Å². The third kappa shape index (κ3) is 1.49. The second-order valence-corrected chi connectivity index (χ2v) is 4.52. The number of rotatable bonds is 2. The van der Waals surface area contributed by atoms with Crippen molar-refractivity contribution in [3.63, 3.8) is 0 Å². The zero-order chi connectivity index (χ0) is 10.1. The van der Waals surface area contributed by atoms with Crippen molar-refractivity contribution in [3.8, 4) is 5.75 Å². The Balaban J connectivity index is 2.78. The molecule has 72 valence electrons. The minimum atomic E-state index is 0.605. The molecule has 0 aliphatic carbocycles. The van der Waals surface area contributed by atoms with Crippen LogP contribution in [0.15, 0.2) is 18.2 Å². The van der Waals surface area contributed by atoms with E-state index in [0.29, 0.717) is 15.6 Å². The van der Waals surface area contributed by atoms with Gasteiger partial charge in [-0.2, -0.15) is 0 Å². The van der Waals surface area contributed by atoms with Gasteiger partial charge in [0.1, 0.15) is 12.0 Å². The fourth-order valence-electron chi connectivity index (χ4n) is 1.33. The lowest BCUT2D eigenvalue weighted by atomic mass is 10.2. The zero-order valence-electron chi connectivity index (χ0n) is 7.41. The molecule has 0 saturated heterocycles. The fraction of sp³-hybridized carbons (Fsp3) is 0.100. The van der Waals surface area contributed by atoms with Crippen LogP contribution in [0.3, 0.4) is 0 Å². The Labute approximate surface area is 90.1 Å². The molecule has 0 bridgehead atoms. The summed E-state index contributed by atoms with van der Waals surface area (Å²) >= 11 is 7.32. The van der Waals surface area contributed by atoms with Crippen molar-refractivity contribution in [2.24, 2.45) is 0 Å². The van der Waals surface area contributed by atoms with E-state index in [1.807, 2.05) is 6.07 Å². The van der Waals surface area contributed by atoms with Gasteiger partial charge in [-0.05, 0) is 18.2 Å². The Morgan fingerprint density at radius 2 is 2.21 bits per heavy atom. The number of carbonyl (C=O) groups excluding carboxylic acids is 1. The molecule has 2 aromatic rings. The summed E-state index contributed by atoms with van der Waals surface area (Å²) in [4.78, 5) is 10.6. The smallest absolute Gasteiger partial charge is 0.150 e. The van der Waals surface area contributed by atoms with Crippen molar-refractivity contribution in [1.82, 2.24) is 0 Å². The number of ether oxygens (including phenoxy) is 1. The quantitative estimate of drug-likeness (QED) is 0.734. The number of aldehydes is 1. The third-order valence-electron chi connectivity index (χ3n) is 1.95. The van der Waals surface area contributed by atoms with Gasteiger partial charge in [0.05, 0.1) is 11.4 Å². The molecule has 0 fully saturated rings. The summed E-state index contributed by atoms with van der Waals surface area (Å²) < 4.78 is 6.84. The number of fused-ring (bicyclic) bond motifs is 1. The number of carbonyl (C=O) groups is 1. The van der Waals surface area contributed by atoms with E-state index in [9.17, 15) is 4.79 Å². The topological polar surface area (TPSA) is 26.3 Å². The molecule has 0 spiro atoms. The molecular formula is C10H7ClO2S. The van der Waals surface area contributed by atoms with E-state index in [4.69, 9.17) is 16.3 Å². The van der Waals surface area contributed by atoms with Gasteiger partial charge >= 0.3 is 0 Å². The number of thiophene rings is 1. The largest absolute Gasteiger partial charge is 0.496 e. The number of benzene rings is 1. The van der Waals surface area contributed by atoms with Crippen molar-refractivity contribution >= 4 is 39.3 Å². The van der Waals surface area contributed by atoms with Crippen LogP contribution >= 0.6 is 22.9 Å². The highest BCUT2D eigenvalue weighted by Crippen LogP contribution is 2.35.